The zero-order valence-corrected chi connectivity index (χ0v) is 15.8. The summed E-state index contributed by atoms with van der Waals surface area (Å²) >= 11 is 0. The van der Waals surface area contributed by atoms with Gasteiger partial charge in [0, 0.05) is 19.1 Å². The van der Waals surface area contributed by atoms with Gasteiger partial charge in [-0.05, 0) is 73.5 Å². The summed E-state index contributed by atoms with van der Waals surface area (Å²) in [5.41, 5.74) is 13.0. The van der Waals surface area contributed by atoms with Crippen LogP contribution in [0.25, 0.3) is 0 Å². The minimum absolute atomic E-state index is 0.0483. The van der Waals surface area contributed by atoms with Crippen LogP contribution in [0, 0.1) is 17.7 Å². The fourth-order valence-electron chi connectivity index (χ4n) is 4.36. The maximum Gasteiger partial charge on any atom is 0.256 e. The standard InChI is InChI=1S/C22H26FN3O2/c23-20-8-7-18(28-17-5-1-14(2-6-17)9-10-24)11-19(20)22(27)26-12-15-3-4-16(13-26)21(15)25/h1-2,5-8,11,15-16,21H,3-4,9-10,12-13,24-25H2/t15-,16+,21?. The Morgan fingerprint density at radius 2 is 1.71 bits per heavy atom. The summed E-state index contributed by atoms with van der Waals surface area (Å²) in [7, 11) is 0. The molecule has 1 heterocycles. The van der Waals surface area contributed by atoms with E-state index < -0.39 is 5.82 Å². The number of fused-ring (bicyclic) bond motifs is 2. The molecule has 1 aliphatic carbocycles. The quantitative estimate of drug-likeness (QED) is 0.832. The molecule has 1 amide bonds. The van der Waals surface area contributed by atoms with Gasteiger partial charge in [-0.25, -0.2) is 4.39 Å². The Balaban J connectivity index is 1.50. The summed E-state index contributed by atoms with van der Waals surface area (Å²) in [5, 5.41) is 0. The summed E-state index contributed by atoms with van der Waals surface area (Å²) in [6.45, 7) is 1.79. The molecular weight excluding hydrogens is 357 g/mol. The summed E-state index contributed by atoms with van der Waals surface area (Å²) in [5.74, 6) is 0.887. The number of nitrogens with two attached hydrogens (primary N) is 2. The lowest BCUT2D eigenvalue weighted by molar-refractivity contribution is 0.0632. The number of ether oxygens (including phenoxy) is 1. The predicted octanol–water partition coefficient (Wildman–Crippen LogP) is 2.93. The number of carbonyl (C=O) groups is 1. The van der Waals surface area contributed by atoms with E-state index in [4.69, 9.17) is 16.2 Å². The molecule has 4 rings (SSSR count). The van der Waals surface area contributed by atoms with Gasteiger partial charge in [-0.3, -0.25) is 4.79 Å². The molecule has 1 saturated carbocycles. The highest BCUT2D eigenvalue weighted by Crippen LogP contribution is 2.36. The molecule has 4 N–H and O–H groups in total. The Morgan fingerprint density at radius 3 is 2.36 bits per heavy atom. The van der Waals surface area contributed by atoms with Gasteiger partial charge < -0.3 is 21.1 Å². The van der Waals surface area contributed by atoms with Crippen molar-refractivity contribution in [2.75, 3.05) is 19.6 Å². The molecular formula is C22H26FN3O2. The second-order valence-electron chi connectivity index (χ2n) is 7.81. The SMILES string of the molecule is NCCc1ccc(Oc2ccc(F)c(C(=O)N3C[C@H]4CC[C@@H](C3)C4N)c2)cc1. The normalized spacial score (nSPS) is 23.7. The average molecular weight is 383 g/mol. The molecule has 5 nitrogen and oxygen atoms in total. The molecule has 2 aromatic rings. The Labute approximate surface area is 164 Å². The van der Waals surface area contributed by atoms with E-state index in [0.717, 1.165) is 24.8 Å². The third-order valence-electron chi connectivity index (χ3n) is 5.95. The number of halogens is 1. The molecule has 1 aliphatic heterocycles. The largest absolute Gasteiger partial charge is 0.457 e. The van der Waals surface area contributed by atoms with E-state index >= 15 is 0 Å². The van der Waals surface area contributed by atoms with Crippen molar-refractivity contribution in [3.63, 3.8) is 0 Å². The Kier molecular flexibility index (Phi) is 5.33. The minimum Gasteiger partial charge on any atom is -0.457 e. The first-order chi connectivity index (χ1) is 13.5. The lowest BCUT2D eigenvalue weighted by Gasteiger charge is -2.36. The van der Waals surface area contributed by atoms with Crippen LogP contribution in [0.3, 0.4) is 0 Å². The number of nitrogens with zero attached hydrogens (tertiary/aromatic N) is 1. The van der Waals surface area contributed by atoms with Gasteiger partial charge in [0.15, 0.2) is 0 Å². The van der Waals surface area contributed by atoms with Crippen molar-refractivity contribution in [1.82, 2.24) is 4.90 Å². The summed E-state index contributed by atoms with van der Waals surface area (Å²) in [6, 6.07) is 12.1. The molecule has 2 bridgehead atoms. The van der Waals surface area contributed by atoms with E-state index in [1.54, 1.807) is 4.90 Å². The van der Waals surface area contributed by atoms with E-state index in [1.165, 1.54) is 18.2 Å². The van der Waals surface area contributed by atoms with E-state index in [-0.39, 0.29) is 17.5 Å². The number of benzene rings is 2. The fourth-order valence-corrected chi connectivity index (χ4v) is 4.36. The van der Waals surface area contributed by atoms with Gasteiger partial charge in [0.05, 0.1) is 5.56 Å². The van der Waals surface area contributed by atoms with Gasteiger partial charge >= 0.3 is 0 Å². The minimum atomic E-state index is -0.530. The lowest BCUT2D eigenvalue weighted by atomic mass is 9.92. The van der Waals surface area contributed by atoms with Gasteiger partial charge in [0.2, 0.25) is 0 Å². The molecule has 0 spiro atoms. The van der Waals surface area contributed by atoms with Crippen LogP contribution in [0.5, 0.6) is 11.5 Å². The van der Waals surface area contributed by atoms with Crippen LogP contribution in [0.4, 0.5) is 4.39 Å². The van der Waals surface area contributed by atoms with Crippen LogP contribution in [0.15, 0.2) is 42.5 Å². The van der Waals surface area contributed by atoms with Crippen LogP contribution in [0.1, 0.15) is 28.8 Å². The maximum atomic E-state index is 14.4. The van der Waals surface area contributed by atoms with Crippen LogP contribution in [0.2, 0.25) is 0 Å². The average Bonchev–Trinajstić information content (AvgIpc) is 2.91. The molecule has 2 fully saturated rings. The molecule has 3 atom stereocenters. The van der Waals surface area contributed by atoms with Crippen molar-refractivity contribution in [3.8, 4) is 11.5 Å². The lowest BCUT2D eigenvalue weighted by Crippen LogP contribution is -2.50. The first-order valence-electron chi connectivity index (χ1n) is 9.86. The van der Waals surface area contributed by atoms with Crippen LogP contribution in [-0.4, -0.2) is 36.5 Å². The van der Waals surface area contributed by atoms with Crippen molar-refractivity contribution in [2.45, 2.75) is 25.3 Å². The number of hydrogen-bond donors (Lipinski definition) is 2. The van der Waals surface area contributed by atoms with Crippen molar-refractivity contribution in [1.29, 1.82) is 0 Å². The smallest absolute Gasteiger partial charge is 0.256 e. The third kappa shape index (κ3) is 3.75. The Hall–Kier alpha value is -2.44. The molecule has 148 valence electrons. The van der Waals surface area contributed by atoms with E-state index in [2.05, 4.69) is 0 Å². The number of amides is 1. The van der Waals surface area contributed by atoms with E-state index in [1.807, 2.05) is 24.3 Å². The van der Waals surface area contributed by atoms with Crippen LogP contribution < -0.4 is 16.2 Å². The molecule has 2 aliphatic rings. The zero-order chi connectivity index (χ0) is 19.7. The molecule has 0 radical (unpaired) electrons. The van der Waals surface area contributed by atoms with Crippen molar-refractivity contribution < 1.29 is 13.9 Å². The second kappa shape index (κ2) is 7.89. The van der Waals surface area contributed by atoms with Crippen molar-refractivity contribution in [2.24, 2.45) is 23.3 Å². The highest BCUT2D eigenvalue weighted by molar-refractivity contribution is 5.95. The first kappa shape index (κ1) is 18.9. The van der Waals surface area contributed by atoms with Gasteiger partial charge in [0.25, 0.3) is 5.91 Å². The summed E-state index contributed by atoms with van der Waals surface area (Å²) in [4.78, 5) is 14.7. The number of hydrogen-bond acceptors (Lipinski definition) is 4. The van der Waals surface area contributed by atoms with Crippen molar-refractivity contribution >= 4 is 5.91 Å². The van der Waals surface area contributed by atoms with E-state index in [0.29, 0.717) is 43.0 Å². The molecule has 1 saturated heterocycles. The monoisotopic (exact) mass is 383 g/mol. The van der Waals surface area contributed by atoms with Gasteiger partial charge in [-0.15, -0.1) is 0 Å². The topological polar surface area (TPSA) is 81.6 Å². The number of piperidine rings is 1. The number of likely N-dealkylation sites (tertiary alicyclic amines) is 1. The summed E-state index contributed by atoms with van der Waals surface area (Å²) < 4.78 is 20.2. The Morgan fingerprint density at radius 1 is 1.07 bits per heavy atom. The van der Waals surface area contributed by atoms with Crippen molar-refractivity contribution in [3.05, 3.63) is 59.4 Å². The summed E-state index contributed by atoms with van der Waals surface area (Å²) in [6.07, 6.45) is 2.89. The first-order valence-corrected chi connectivity index (χ1v) is 9.86. The van der Waals surface area contributed by atoms with Gasteiger partial charge in [0.1, 0.15) is 17.3 Å². The van der Waals surface area contributed by atoms with E-state index in [9.17, 15) is 9.18 Å². The highest BCUT2D eigenvalue weighted by Gasteiger charge is 2.41. The van der Waals surface area contributed by atoms with Crippen LogP contribution in [-0.2, 0) is 6.42 Å². The maximum absolute atomic E-state index is 14.4. The van der Waals surface area contributed by atoms with Crippen LogP contribution >= 0.6 is 0 Å². The van der Waals surface area contributed by atoms with Gasteiger partial charge in [-0.2, -0.15) is 0 Å². The molecule has 2 aromatic carbocycles. The predicted molar refractivity (Wildman–Crippen MR) is 106 cm³/mol. The third-order valence-corrected chi connectivity index (χ3v) is 5.95. The number of rotatable bonds is 5. The highest BCUT2D eigenvalue weighted by atomic mass is 19.1. The molecule has 1 unspecified atom stereocenters. The molecule has 6 heteroatoms. The second-order valence-corrected chi connectivity index (χ2v) is 7.81. The van der Waals surface area contributed by atoms with Gasteiger partial charge in [-0.1, -0.05) is 12.1 Å². The Bertz CT molecular complexity index is 841. The zero-order valence-electron chi connectivity index (χ0n) is 15.8. The molecule has 0 aromatic heterocycles. The molecule has 28 heavy (non-hydrogen) atoms. The fraction of sp³-hybridized carbons (Fsp3) is 0.409. The number of carbonyl (C=O) groups excluding carboxylic acids is 1.